The summed E-state index contributed by atoms with van der Waals surface area (Å²) >= 11 is 0. The fourth-order valence-corrected chi connectivity index (χ4v) is 5.23. The Balaban J connectivity index is 1.44. The van der Waals surface area contributed by atoms with E-state index >= 15 is 0 Å². The largest absolute Gasteiger partial charge is 0.497 e. The third-order valence-electron chi connectivity index (χ3n) is 7.23. The van der Waals surface area contributed by atoms with Crippen LogP contribution in [0.2, 0.25) is 0 Å². The molecular weight excluding hydrogens is 450 g/mol. The van der Waals surface area contributed by atoms with Gasteiger partial charge >= 0.3 is 0 Å². The number of methoxy groups -OCH3 is 2. The normalized spacial score (nSPS) is 22.0. The molecule has 2 fully saturated rings. The fourth-order valence-electron chi connectivity index (χ4n) is 5.23. The Morgan fingerprint density at radius 2 is 1.86 bits per heavy atom. The molecule has 2 aliphatic carbocycles. The van der Waals surface area contributed by atoms with Crippen LogP contribution in [0.1, 0.15) is 66.4 Å². The van der Waals surface area contributed by atoms with Crippen LogP contribution < -0.4 is 20.1 Å². The Morgan fingerprint density at radius 3 is 2.51 bits per heavy atom. The van der Waals surface area contributed by atoms with Gasteiger partial charge in [0.25, 0.3) is 11.8 Å². The van der Waals surface area contributed by atoms with Gasteiger partial charge in [0.1, 0.15) is 22.7 Å². The highest BCUT2D eigenvalue weighted by atomic mass is 16.5. The van der Waals surface area contributed by atoms with Crippen molar-refractivity contribution in [2.75, 3.05) is 19.5 Å². The van der Waals surface area contributed by atoms with Crippen molar-refractivity contribution in [3.63, 3.8) is 0 Å². The van der Waals surface area contributed by atoms with Crippen molar-refractivity contribution in [3.8, 4) is 11.5 Å². The predicted octanol–water partition coefficient (Wildman–Crippen LogP) is 2.59. The summed E-state index contributed by atoms with van der Waals surface area (Å²) in [5, 5.41) is 5.96. The van der Waals surface area contributed by atoms with Crippen molar-refractivity contribution in [2.24, 2.45) is 0 Å². The first-order chi connectivity index (χ1) is 16.9. The first-order valence-electron chi connectivity index (χ1n) is 12.1. The molecule has 2 aromatic rings. The maximum atomic E-state index is 13.8. The number of ether oxygens (including phenoxy) is 2. The van der Waals surface area contributed by atoms with Crippen LogP contribution in [0.5, 0.6) is 11.5 Å². The Morgan fingerprint density at radius 1 is 1.11 bits per heavy atom. The molecule has 10 nitrogen and oxygen atoms in total. The van der Waals surface area contributed by atoms with Crippen LogP contribution >= 0.6 is 0 Å². The van der Waals surface area contributed by atoms with Gasteiger partial charge in [0.2, 0.25) is 5.91 Å². The number of aromatic nitrogens is 2. The SMILES string of the molecule is COc1ccc(OC)c(NC(=O)c2ncn3c2C(=O)N(C2CC2)C(C)(C(=O)NC2CCCC2)C3)c1. The second-order valence-corrected chi connectivity index (χ2v) is 9.73. The molecule has 0 radical (unpaired) electrons. The quantitative estimate of drug-likeness (QED) is 0.628. The van der Waals surface area contributed by atoms with Gasteiger partial charge in [0, 0.05) is 18.2 Å². The van der Waals surface area contributed by atoms with Crippen LogP contribution in [0, 0.1) is 0 Å². The average molecular weight is 482 g/mol. The van der Waals surface area contributed by atoms with Gasteiger partial charge in [-0.15, -0.1) is 0 Å². The molecule has 0 bridgehead atoms. The van der Waals surface area contributed by atoms with E-state index in [0.717, 1.165) is 38.5 Å². The summed E-state index contributed by atoms with van der Waals surface area (Å²) in [5.41, 5.74) is -0.425. The number of hydrogen-bond acceptors (Lipinski definition) is 6. The molecule has 1 atom stereocenters. The lowest BCUT2D eigenvalue weighted by Crippen LogP contribution is -2.65. The van der Waals surface area contributed by atoms with E-state index in [-0.39, 0.29) is 41.8 Å². The molecule has 3 amide bonds. The zero-order valence-corrected chi connectivity index (χ0v) is 20.3. The third kappa shape index (κ3) is 4.11. The molecule has 1 aromatic carbocycles. The molecule has 1 aliphatic heterocycles. The van der Waals surface area contributed by atoms with Gasteiger partial charge in [-0.3, -0.25) is 14.4 Å². The lowest BCUT2D eigenvalue weighted by atomic mass is 9.93. The smallest absolute Gasteiger partial charge is 0.276 e. The number of fused-ring (bicyclic) bond motifs is 1. The van der Waals surface area contributed by atoms with Gasteiger partial charge in [-0.2, -0.15) is 0 Å². The van der Waals surface area contributed by atoms with E-state index in [1.165, 1.54) is 20.5 Å². The minimum atomic E-state index is -1.04. The number of rotatable bonds is 7. The van der Waals surface area contributed by atoms with Gasteiger partial charge in [-0.05, 0) is 44.7 Å². The van der Waals surface area contributed by atoms with Crippen molar-refractivity contribution in [1.82, 2.24) is 19.8 Å². The number of imidazole rings is 1. The number of anilines is 1. The topological polar surface area (TPSA) is 115 Å². The maximum Gasteiger partial charge on any atom is 0.276 e. The summed E-state index contributed by atoms with van der Waals surface area (Å²) in [6.45, 7) is 2.06. The van der Waals surface area contributed by atoms with Crippen molar-refractivity contribution < 1.29 is 23.9 Å². The Labute approximate surface area is 204 Å². The minimum Gasteiger partial charge on any atom is -0.497 e. The highest BCUT2D eigenvalue weighted by molar-refractivity contribution is 6.12. The third-order valence-corrected chi connectivity index (χ3v) is 7.23. The maximum absolute atomic E-state index is 13.8. The minimum absolute atomic E-state index is 0.0140. The van der Waals surface area contributed by atoms with Crippen LogP contribution in [0.3, 0.4) is 0 Å². The number of carbonyl (C=O) groups excluding carboxylic acids is 3. The molecule has 0 spiro atoms. The molecular formula is C25H31N5O5. The van der Waals surface area contributed by atoms with Crippen LogP contribution in [0.4, 0.5) is 5.69 Å². The standard InChI is InChI=1S/C25H31N5O5/c1-25(24(33)27-15-6-4-5-7-15)13-29-14-26-20(21(29)23(32)30(25)16-8-9-16)22(31)28-18-12-17(34-2)10-11-19(18)35-3/h10-12,14-16H,4-9,13H2,1-3H3,(H,27,33)(H,28,31). The number of carbonyl (C=O) groups is 3. The van der Waals surface area contributed by atoms with E-state index in [0.29, 0.717) is 17.2 Å². The number of benzene rings is 1. The number of amides is 3. The van der Waals surface area contributed by atoms with Crippen LogP contribution in [0.25, 0.3) is 0 Å². The number of nitrogens with zero attached hydrogens (tertiary/aromatic N) is 3. The molecule has 35 heavy (non-hydrogen) atoms. The molecule has 186 valence electrons. The Bertz CT molecular complexity index is 1170. The van der Waals surface area contributed by atoms with E-state index < -0.39 is 11.4 Å². The second kappa shape index (κ2) is 8.90. The summed E-state index contributed by atoms with van der Waals surface area (Å²) < 4.78 is 12.2. The molecule has 0 saturated heterocycles. The van der Waals surface area contributed by atoms with Crippen molar-refractivity contribution >= 4 is 23.4 Å². The molecule has 3 aliphatic rings. The number of hydrogen-bond donors (Lipinski definition) is 2. The van der Waals surface area contributed by atoms with E-state index in [2.05, 4.69) is 15.6 Å². The summed E-state index contributed by atoms with van der Waals surface area (Å²) in [7, 11) is 3.04. The van der Waals surface area contributed by atoms with Crippen LogP contribution in [-0.2, 0) is 11.3 Å². The highest BCUT2D eigenvalue weighted by Gasteiger charge is 2.54. The van der Waals surface area contributed by atoms with Gasteiger partial charge in [0.15, 0.2) is 5.69 Å². The first kappa shape index (κ1) is 23.2. The van der Waals surface area contributed by atoms with E-state index in [1.807, 2.05) is 6.92 Å². The summed E-state index contributed by atoms with van der Waals surface area (Å²) in [5.74, 6) is -0.0186. The molecule has 2 saturated carbocycles. The summed E-state index contributed by atoms with van der Waals surface area (Å²) in [6.07, 6.45) is 7.30. The van der Waals surface area contributed by atoms with Gasteiger partial charge in [-0.1, -0.05) is 12.8 Å². The zero-order valence-electron chi connectivity index (χ0n) is 20.3. The molecule has 1 aromatic heterocycles. The summed E-state index contributed by atoms with van der Waals surface area (Å²) in [4.78, 5) is 46.4. The van der Waals surface area contributed by atoms with Crippen LogP contribution in [-0.4, -0.2) is 64.0 Å². The monoisotopic (exact) mass is 481 g/mol. The molecule has 2 heterocycles. The second-order valence-electron chi connectivity index (χ2n) is 9.73. The molecule has 2 N–H and O–H groups in total. The fraction of sp³-hybridized carbons (Fsp3) is 0.520. The van der Waals surface area contributed by atoms with Crippen molar-refractivity contribution in [2.45, 2.75) is 69.6 Å². The highest BCUT2D eigenvalue weighted by Crippen LogP contribution is 2.39. The van der Waals surface area contributed by atoms with Gasteiger partial charge in [0.05, 0.1) is 32.8 Å². The first-order valence-corrected chi connectivity index (χ1v) is 12.1. The lowest BCUT2D eigenvalue weighted by molar-refractivity contribution is -0.134. The zero-order chi connectivity index (χ0) is 24.7. The van der Waals surface area contributed by atoms with E-state index in [9.17, 15) is 14.4 Å². The van der Waals surface area contributed by atoms with Gasteiger partial charge in [-0.25, -0.2) is 4.98 Å². The molecule has 10 heteroatoms. The van der Waals surface area contributed by atoms with Crippen molar-refractivity contribution in [3.05, 3.63) is 35.9 Å². The number of nitrogens with one attached hydrogen (secondary N) is 2. The Hall–Kier alpha value is -3.56. The van der Waals surface area contributed by atoms with E-state index in [4.69, 9.17) is 9.47 Å². The van der Waals surface area contributed by atoms with E-state index in [1.54, 1.807) is 27.7 Å². The lowest BCUT2D eigenvalue weighted by Gasteiger charge is -2.44. The van der Waals surface area contributed by atoms with Crippen LogP contribution in [0.15, 0.2) is 24.5 Å². The Kier molecular flexibility index (Phi) is 5.90. The average Bonchev–Trinajstić information content (AvgIpc) is 3.35. The van der Waals surface area contributed by atoms with Crippen molar-refractivity contribution in [1.29, 1.82) is 0 Å². The molecule has 1 unspecified atom stereocenters. The van der Waals surface area contributed by atoms with Gasteiger partial charge < -0.3 is 29.6 Å². The predicted molar refractivity (Wildman–Crippen MR) is 128 cm³/mol. The summed E-state index contributed by atoms with van der Waals surface area (Å²) in [6, 6.07) is 5.19. The molecule has 5 rings (SSSR count).